The van der Waals surface area contributed by atoms with Crippen molar-refractivity contribution in [1.29, 1.82) is 0 Å². The van der Waals surface area contributed by atoms with Gasteiger partial charge in [-0.3, -0.25) is 0 Å². The summed E-state index contributed by atoms with van der Waals surface area (Å²) in [6.07, 6.45) is 0. The van der Waals surface area contributed by atoms with Crippen LogP contribution < -0.4 is 4.74 Å². The highest BCUT2D eigenvalue weighted by Crippen LogP contribution is 2.33. The van der Waals surface area contributed by atoms with Crippen LogP contribution in [0.15, 0.2) is 66.7 Å². The van der Waals surface area contributed by atoms with Gasteiger partial charge in [0.2, 0.25) is 0 Å². The maximum absolute atomic E-state index is 5.49. The molecule has 1 unspecified atom stereocenters. The van der Waals surface area contributed by atoms with Crippen molar-refractivity contribution < 1.29 is 4.74 Å². The molecule has 0 fully saturated rings. The molecule has 21 heavy (non-hydrogen) atoms. The summed E-state index contributed by atoms with van der Waals surface area (Å²) in [5.41, 5.74) is 2.49. The molecule has 0 spiro atoms. The Morgan fingerprint density at radius 1 is 0.857 bits per heavy atom. The molecule has 1 atom stereocenters. The Hall–Kier alpha value is -1.80. The smallest absolute Gasteiger partial charge is 0.119 e. The Bertz CT molecular complexity index is 734. The number of rotatable bonds is 4. The van der Waals surface area contributed by atoms with E-state index in [-0.39, 0.29) is 4.83 Å². The first-order valence-electron chi connectivity index (χ1n) is 7.13. The number of hydrogen-bond donors (Lipinski definition) is 0. The van der Waals surface area contributed by atoms with Crippen LogP contribution >= 0.6 is 15.9 Å². The van der Waals surface area contributed by atoms with Crippen molar-refractivity contribution in [3.05, 3.63) is 77.9 Å². The lowest BCUT2D eigenvalue weighted by Crippen LogP contribution is -1.95. The highest BCUT2D eigenvalue weighted by Gasteiger charge is 2.10. The number of hydrogen-bond acceptors (Lipinski definition) is 1. The Morgan fingerprint density at radius 3 is 2.24 bits per heavy atom. The van der Waals surface area contributed by atoms with Crippen LogP contribution in [0.25, 0.3) is 10.8 Å². The highest BCUT2D eigenvalue weighted by molar-refractivity contribution is 9.09. The summed E-state index contributed by atoms with van der Waals surface area (Å²) in [6, 6.07) is 23.3. The average molecular weight is 341 g/mol. The van der Waals surface area contributed by atoms with Crippen molar-refractivity contribution >= 4 is 26.7 Å². The second-order valence-electron chi connectivity index (χ2n) is 4.97. The van der Waals surface area contributed by atoms with E-state index in [9.17, 15) is 0 Å². The predicted octanol–water partition coefficient (Wildman–Crippen LogP) is 5.72. The Kier molecular flexibility index (Phi) is 4.26. The van der Waals surface area contributed by atoms with Gasteiger partial charge < -0.3 is 4.74 Å². The molecule has 0 aliphatic heterocycles. The third-order valence-corrected chi connectivity index (χ3v) is 4.61. The summed E-state index contributed by atoms with van der Waals surface area (Å²) < 4.78 is 5.49. The molecule has 0 amide bonds. The molecule has 0 saturated heterocycles. The molecule has 0 heterocycles. The first kappa shape index (κ1) is 14.2. The Balaban J connectivity index is 1.90. The highest BCUT2D eigenvalue weighted by atomic mass is 79.9. The molecule has 3 rings (SSSR count). The van der Waals surface area contributed by atoms with E-state index in [4.69, 9.17) is 4.74 Å². The summed E-state index contributed by atoms with van der Waals surface area (Å²) in [5, 5.41) is 2.54. The van der Waals surface area contributed by atoms with E-state index < -0.39 is 0 Å². The normalized spacial score (nSPS) is 12.3. The minimum atomic E-state index is 0.192. The molecular formula is C19H17BrO. The fourth-order valence-electron chi connectivity index (χ4n) is 2.46. The zero-order valence-electron chi connectivity index (χ0n) is 11.9. The maximum Gasteiger partial charge on any atom is 0.119 e. The van der Waals surface area contributed by atoms with Gasteiger partial charge in [0.15, 0.2) is 0 Å². The van der Waals surface area contributed by atoms with Crippen molar-refractivity contribution in [2.24, 2.45) is 0 Å². The van der Waals surface area contributed by atoms with Gasteiger partial charge in [-0.2, -0.15) is 0 Å². The van der Waals surface area contributed by atoms with E-state index in [1.165, 1.54) is 21.9 Å². The molecule has 0 radical (unpaired) electrons. The molecule has 0 N–H and O–H groups in total. The van der Waals surface area contributed by atoms with Gasteiger partial charge in [0.05, 0.1) is 11.4 Å². The van der Waals surface area contributed by atoms with Crippen molar-refractivity contribution in [2.45, 2.75) is 11.8 Å². The van der Waals surface area contributed by atoms with Gasteiger partial charge in [0.1, 0.15) is 5.75 Å². The Labute approximate surface area is 133 Å². The van der Waals surface area contributed by atoms with E-state index in [1.54, 1.807) is 0 Å². The standard InChI is InChI=1S/C19H17BrO/c1-2-21-18-11-9-15(10-12-18)19(20)17-8-7-14-5-3-4-6-16(14)13-17/h3-13,19H,2H2,1H3. The molecule has 3 aromatic carbocycles. The minimum Gasteiger partial charge on any atom is -0.494 e. The fourth-order valence-corrected chi connectivity index (χ4v) is 3.05. The molecule has 0 aromatic heterocycles. The topological polar surface area (TPSA) is 9.23 Å². The van der Waals surface area contributed by atoms with E-state index in [0.29, 0.717) is 6.61 Å². The third kappa shape index (κ3) is 3.11. The number of benzene rings is 3. The summed E-state index contributed by atoms with van der Waals surface area (Å²) >= 11 is 3.80. The second kappa shape index (κ2) is 6.31. The third-order valence-electron chi connectivity index (χ3n) is 3.55. The number of ether oxygens (including phenoxy) is 1. The van der Waals surface area contributed by atoms with E-state index >= 15 is 0 Å². The van der Waals surface area contributed by atoms with Gasteiger partial charge in [-0.05, 0) is 47.0 Å². The van der Waals surface area contributed by atoms with Gasteiger partial charge in [0, 0.05) is 0 Å². The largest absolute Gasteiger partial charge is 0.494 e. The van der Waals surface area contributed by atoms with Gasteiger partial charge in [-0.25, -0.2) is 0 Å². The quantitative estimate of drug-likeness (QED) is 0.551. The molecule has 106 valence electrons. The van der Waals surface area contributed by atoms with Gasteiger partial charge >= 0.3 is 0 Å². The molecule has 0 aliphatic rings. The summed E-state index contributed by atoms with van der Waals surface area (Å²) in [4.78, 5) is 0.192. The van der Waals surface area contributed by atoms with Crippen LogP contribution in [-0.2, 0) is 0 Å². The average Bonchev–Trinajstić information content (AvgIpc) is 2.55. The van der Waals surface area contributed by atoms with Crippen LogP contribution in [-0.4, -0.2) is 6.61 Å². The lowest BCUT2D eigenvalue weighted by molar-refractivity contribution is 0.340. The van der Waals surface area contributed by atoms with Crippen molar-refractivity contribution in [3.8, 4) is 5.75 Å². The van der Waals surface area contributed by atoms with E-state index in [2.05, 4.69) is 70.5 Å². The predicted molar refractivity (Wildman–Crippen MR) is 92.3 cm³/mol. The van der Waals surface area contributed by atoms with Crippen molar-refractivity contribution in [3.63, 3.8) is 0 Å². The van der Waals surface area contributed by atoms with Crippen LogP contribution in [0.1, 0.15) is 22.9 Å². The van der Waals surface area contributed by atoms with Crippen LogP contribution in [0.4, 0.5) is 0 Å². The van der Waals surface area contributed by atoms with Gasteiger partial charge in [-0.15, -0.1) is 0 Å². The van der Waals surface area contributed by atoms with Crippen molar-refractivity contribution in [2.75, 3.05) is 6.61 Å². The zero-order valence-corrected chi connectivity index (χ0v) is 13.5. The van der Waals surface area contributed by atoms with E-state index in [1.807, 2.05) is 19.1 Å². The molecular weight excluding hydrogens is 324 g/mol. The van der Waals surface area contributed by atoms with Crippen LogP contribution in [0, 0.1) is 0 Å². The molecule has 2 heteroatoms. The van der Waals surface area contributed by atoms with E-state index in [0.717, 1.165) is 5.75 Å². The molecule has 0 bridgehead atoms. The first-order chi connectivity index (χ1) is 10.3. The lowest BCUT2D eigenvalue weighted by Gasteiger charge is -2.12. The SMILES string of the molecule is CCOc1ccc(C(Br)c2ccc3ccccc3c2)cc1. The molecule has 0 aliphatic carbocycles. The lowest BCUT2D eigenvalue weighted by atomic mass is 10.0. The first-order valence-corrected chi connectivity index (χ1v) is 8.05. The summed E-state index contributed by atoms with van der Waals surface area (Å²) in [6.45, 7) is 2.69. The number of halogens is 1. The number of alkyl halides is 1. The maximum atomic E-state index is 5.49. The summed E-state index contributed by atoms with van der Waals surface area (Å²) in [7, 11) is 0. The zero-order chi connectivity index (χ0) is 14.7. The summed E-state index contributed by atoms with van der Waals surface area (Å²) in [5.74, 6) is 0.916. The van der Waals surface area contributed by atoms with Crippen molar-refractivity contribution in [1.82, 2.24) is 0 Å². The fraction of sp³-hybridized carbons (Fsp3) is 0.158. The van der Waals surface area contributed by atoms with Gasteiger partial charge in [0.25, 0.3) is 0 Å². The number of fused-ring (bicyclic) bond motifs is 1. The second-order valence-corrected chi connectivity index (χ2v) is 5.89. The Morgan fingerprint density at radius 2 is 1.52 bits per heavy atom. The van der Waals surface area contributed by atoms with Crippen LogP contribution in [0.5, 0.6) is 5.75 Å². The monoisotopic (exact) mass is 340 g/mol. The molecule has 1 nitrogen and oxygen atoms in total. The molecule has 3 aromatic rings. The van der Waals surface area contributed by atoms with Crippen LogP contribution in [0.2, 0.25) is 0 Å². The minimum absolute atomic E-state index is 0.192. The van der Waals surface area contributed by atoms with Gasteiger partial charge in [-0.1, -0.05) is 64.5 Å². The molecule has 0 saturated carbocycles. The van der Waals surface area contributed by atoms with Crippen LogP contribution in [0.3, 0.4) is 0 Å².